The average molecular weight is 238 g/mol. The van der Waals surface area contributed by atoms with Crippen molar-refractivity contribution in [3.8, 4) is 0 Å². The first-order valence-electron chi connectivity index (χ1n) is 4.91. The van der Waals surface area contributed by atoms with Gasteiger partial charge in [-0.3, -0.25) is 14.8 Å². The first kappa shape index (κ1) is 12.8. The number of carboxylic acid groups (broad SMARTS) is 1. The Bertz CT molecular complexity index is 427. The van der Waals surface area contributed by atoms with E-state index in [2.05, 4.69) is 17.0 Å². The smallest absolute Gasteiger partial charge is 0.323 e. The van der Waals surface area contributed by atoms with Crippen LogP contribution in [-0.4, -0.2) is 44.9 Å². The Morgan fingerprint density at radius 1 is 1.71 bits per heavy atom. The monoisotopic (exact) mass is 238 g/mol. The van der Waals surface area contributed by atoms with Gasteiger partial charge in [0.15, 0.2) is 5.82 Å². The normalized spacial score (nSPS) is 9.71. The first-order chi connectivity index (χ1) is 8.02. The Morgan fingerprint density at radius 2 is 2.41 bits per heavy atom. The molecule has 1 aromatic heterocycles. The number of nitrogens with zero attached hydrogens (tertiary/aromatic N) is 3. The summed E-state index contributed by atoms with van der Waals surface area (Å²) in [5.74, 6) is -0.708. The fourth-order valence-electron chi connectivity index (χ4n) is 1.21. The zero-order valence-electron chi connectivity index (χ0n) is 9.46. The standard InChI is InChI=1S/C10H14N4O3/c1-3-5-14(7-9(15)16)10(17)11-8-4-6-13(2)12-8/h3-4,6H,1,5,7H2,2H3,(H,15,16)(H,11,12,17). The number of aromatic nitrogens is 2. The molecule has 0 spiro atoms. The summed E-state index contributed by atoms with van der Waals surface area (Å²) in [4.78, 5) is 23.4. The molecule has 0 bridgehead atoms. The van der Waals surface area contributed by atoms with E-state index in [1.54, 1.807) is 19.3 Å². The van der Waals surface area contributed by atoms with E-state index in [0.717, 1.165) is 4.90 Å². The number of aryl methyl sites for hydroxylation is 1. The SMILES string of the molecule is C=CCN(CC(=O)O)C(=O)Nc1ccn(C)n1. The largest absolute Gasteiger partial charge is 0.480 e. The number of rotatable bonds is 5. The molecule has 7 heteroatoms. The van der Waals surface area contributed by atoms with Gasteiger partial charge >= 0.3 is 12.0 Å². The third kappa shape index (κ3) is 3.98. The maximum atomic E-state index is 11.7. The zero-order valence-corrected chi connectivity index (χ0v) is 9.46. The van der Waals surface area contributed by atoms with Crippen LogP contribution in [0.3, 0.4) is 0 Å². The number of urea groups is 1. The third-order valence-corrected chi connectivity index (χ3v) is 1.91. The number of nitrogens with one attached hydrogen (secondary N) is 1. The summed E-state index contributed by atoms with van der Waals surface area (Å²) in [5, 5.41) is 15.1. The molecule has 0 fully saturated rings. The van der Waals surface area contributed by atoms with E-state index in [0.29, 0.717) is 5.82 Å². The molecular formula is C10H14N4O3. The third-order valence-electron chi connectivity index (χ3n) is 1.91. The summed E-state index contributed by atoms with van der Waals surface area (Å²) in [5.41, 5.74) is 0. The summed E-state index contributed by atoms with van der Waals surface area (Å²) >= 11 is 0. The molecule has 0 aliphatic carbocycles. The van der Waals surface area contributed by atoms with Gasteiger partial charge in [0.25, 0.3) is 0 Å². The van der Waals surface area contributed by atoms with Crippen molar-refractivity contribution in [1.29, 1.82) is 0 Å². The second-order valence-corrected chi connectivity index (χ2v) is 3.37. The van der Waals surface area contributed by atoms with Gasteiger partial charge in [0.05, 0.1) is 0 Å². The lowest BCUT2D eigenvalue weighted by Crippen LogP contribution is -2.38. The van der Waals surface area contributed by atoms with Crippen LogP contribution in [0.1, 0.15) is 0 Å². The van der Waals surface area contributed by atoms with Gasteiger partial charge in [-0.2, -0.15) is 5.10 Å². The van der Waals surface area contributed by atoms with Crippen LogP contribution < -0.4 is 5.32 Å². The van der Waals surface area contributed by atoms with Gasteiger partial charge in [-0.25, -0.2) is 4.79 Å². The molecule has 0 saturated carbocycles. The van der Waals surface area contributed by atoms with Crippen LogP contribution in [0.25, 0.3) is 0 Å². The second-order valence-electron chi connectivity index (χ2n) is 3.37. The number of carboxylic acids is 1. The molecule has 0 saturated heterocycles. The van der Waals surface area contributed by atoms with Crippen LogP contribution in [0.4, 0.5) is 10.6 Å². The summed E-state index contributed by atoms with van der Waals surface area (Å²) in [6.45, 7) is 3.24. The molecule has 1 heterocycles. The summed E-state index contributed by atoms with van der Waals surface area (Å²) in [7, 11) is 1.72. The van der Waals surface area contributed by atoms with Gasteiger partial charge in [-0.1, -0.05) is 6.08 Å². The molecule has 7 nitrogen and oxygen atoms in total. The van der Waals surface area contributed by atoms with Crippen LogP contribution >= 0.6 is 0 Å². The fraction of sp³-hybridized carbons (Fsp3) is 0.300. The van der Waals surface area contributed by atoms with Crippen molar-refractivity contribution in [2.24, 2.45) is 7.05 Å². The van der Waals surface area contributed by atoms with Crippen LogP contribution in [0.15, 0.2) is 24.9 Å². The summed E-state index contributed by atoms with van der Waals surface area (Å²) < 4.78 is 1.53. The summed E-state index contributed by atoms with van der Waals surface area (Å²) in [6, 6.07) is 1.09. The molecule has 0 aliphatic rings. The van der Waals surface area contributed by atoms with Crippen molar-refractivity contribution in [2.45, 2.75) is 0 Å². The minimum atomic E-state index is -1.08. The van der Waals surface area contributed by atoms with Crippen LogP contribution in [0.2, 0.25) is 0 Å². The highest BCUT2D eigenvalue weighted by molar-refractivity contribution is 5.90. The predicted molar refractivity (Wildman–Crippen MR) is 61.6 cm³/mol. The number of aliphatic carboxylic acids is 1. The Kier molecular flexibility index (Phi) is 4.27. The molecular weight excluding hydrogens is 224 g/mol. The predicted octanol–water partition coefficient (Wildman–Crippen LogP) is 0.525. The van der Waals surface area contributed by atoms with E-state index in [4.69, 9.17) is 5.11 Å². The van der Waals surface area contributed by atoms with Gasteiger partial charge in [-0.05, 0) is 0 Å². The fourth-order valence-corrected chi connectivity index (χ4v) is 1.21. The summed E-state index contributed by atoms with van der Waals surface area (Å²) in [6.07, 6.45) is 3.13. The van der Waals surface area contributed by atoms with Gasteiger partial charge in [0.2, 0.25) is 0 Å². The van der Waals surface area contributed by atoms with E-state index >= 15 is 0 Å². The van der Waals surface area contributed by atoms with Crippen molar-refractivity contribution in [1.82, 2.24) is 14.7 Å². The van der Waals surface area contributed by atoms with Gasteiger partial charge in [0.1, 0.15) is 6.54 Å². The molecule has 0 aromatic carbocycles. The van der Waals surface area contributed by atoms with Crippen molar-refractivity contribution >= 4 is 17.8 Å². The molecule has 1 aromatic rings. The van der Waals surface area contributed by atoms with Crippen LogP contribution in [-0.2, 0) is 11.8 Å². The van der Waals surface area contributed by atoms with E-state index in [9.17, 15) is 9.59 Å². The van der Waals surface area contributed by atoms with Gasteiger partial charge in [0, 0.05) is 25.9 Å². The lowest BCUT2D eigenvalue weighted by atomic mass is 10.4. The zero-order chi connectivity index (χ0) is 12.8. The number of hydrogen-bond donors (Lipinski definition) is 2. The maximum absolute atomic E-state index is 11.7. The lowest BCUT2D eigenvalue weighted by molar-refractivity contribution is -0.137. The lowest BCUT2D eigenvalue weighted by Gasteiger charge is -2.18. The molecule has 17 heavy (non-hydrogen) atoms. The van der Waals surface area contributed by atoms with Crippen molar-refractivity contribution in [2.75, 3.05) is 18.4 Å². The van der Waals surface area contributed by atoms with Crippen molar-refractivity contribution < 1.29 is 14.7 Å². The highest BCUT2D eigenvalue weighted by Gasteiger charge is 2.16. The van der Waals surface area contributed by atoms with Crippen LogP contribution in [0.5, 0.6) is 0 Å². The van der Waals surface area contributed by atoms with Gasteiger partial charge in [-0.15, -0.1) is 6.58 Å². The Hall–Kier alpha value is -2.31. The molecule has 0 atom stereocenters. The quantitative estimate of drug-likeness (QED) is 0.732. The first-order valence-corrected chi connectivity index (χ1v) is 4.91. The Morgan fingerprint density at radius 3 is 2.88 bits per heavy atom. The highest BCUT2D eigenvalue weighted by Crippen LogP contribution is 2.03. The van der Waals surface area contributed by atoms with Gasteiger partial charge < -0.3 is 10.0 Å². The van der Waals surface area contributed by atoms with E-state index in [1.165, 1.54) is 10.8 Å². The maximum Gasteiger partial charge on any atom is 0.323 e. The molecule has 2 amide bonds. The van der Waals surface area contributed by atoms with Crippen molar-refractivity contribution in [3.63, 3.8) is 0 Å². The van der Waals surface area contributed by atoms with Crippen LogP contribution in [0, 0.1) is 0 Å². The topological polar surface area (TPSA) is 87.5 Å². The van der Waals surface area contributed by atoms with E-state index in [1.807, 2.05) is 0 Å². The van der Waals surface area contributed by atoms with E-state index in [-0.39, 0.29) is 13.1 Å². The number of anilines is 1. The molecule has 1 rings (SSSR count). The average Bonchev–Trinajstić information content (AvgIpc) is 2.62. The second kappa shape index (κ2) is 5.69. The number of carbonyl (C=O) groups excluding carboxylic acids is 1. The minimum absolute atomic E-state index is 0.158. The number of carbonyl (C=O) groups is 2. The molecule has 0 radical (unpaired) electrons. The minimum Gasteiger partial charge on any atom is -0.480 e. The molecule has 0 aliphatic heterocycles. The Balaban J connectivity index is 2.64. The number of hydrogen-bond acceptors (Lipinski definition) is 3. The molecule has 0 unspecified atom stereocenters. The highest BCUT2D eigenvalue weighted by atomic mass is 16.4. The molecule has 2 N–H and O–H groups in total. The Labute approximate surface area is 98.3 Å². The molecule has 92 valence electrons. The number of amides is 2. The van der Waals surface area contributed by atoms with E-state index < -0.39 is 12.0 Å². The van der Waals surface area contributed by atoms with Crippen molar-refractivity contribution in [3.05, 3.63) is 24.9 Å².